The molecular weight excluding hydrogens is 536 g/mol. The van der Waals surface area contributed by atoms with Crippen LogP contribution in [0.4, 0.5) is 0 Å². The van der Waals surface area contributed by atoms with Crippen LogP contribution in [0.2, 0.25) is 0 Å². The predicted molar refractivity (Wildman–Crippen MR) is 161 cm³/mol. The molecule has 2 aliphatic rings. The Kier molecular flexibility index (Phi) is 12.2. The summed E-state index contributed by atoms with van der Waals surface area (Å²) in [5.74, 6) is 0.333. The molecule has 0 heterocycles. The molecule has 0 radical (unpaired) electrons. The molecule has 2 unspecified atom stereocenters. The van der Waals surface area contributed by atoms with Crippen LogP contribution in [0.5, 0.6) is 0 Å². The first-order chi connectivity index (χ1) is 17.3. The van der Waals surface area contributed by atoms with Gasteiger partial charge in [0.05, 0.1) is 20.5 Å². The second-order valence-corrected chi connectivity index (χ2v) is 19.1. The second kappa shape index (κ2) is 13.2. The van der Waals surface area contributed by atoms with E-state index in [-0.39, 0.29) is 27.0 Å². The Hall–Kier alpha value is -1.13. The van der Waals surface area contributed by atoms with Crippen molar-refractivity contribution in [3.8, 4) is 0 Å². The molecule has 0 bridgehead atoms. The van der Waals surface area contributed by atoms with Gasteiger partial charge < -0.3 is 9.47 Å². The summed E-state index contributed by atoms with van der Waals surface area (Å²) in [6.07, 6.45) is 4.15. The summed E-state index contributed by atoms with van der Waals surface area (Å²) in [7, 11) is -2.25. The largest absolute Gasteiger partial charge is 0.460 e. The van der Waals surface area contributed by atoms with Crippen LogP contribution in [0.3, 0.4) is 0 Å². The minimum Gasteiger partial charge on any atom is -0.460 e. The van der Waals surface area contributed by atoms with Gasteiger partial charge in [0.25, 0.3) is 0 Å². The average Bonchev–Trinajstić information content (AvgIpc) is 2.60. The van der Waals surface area contributed by atoms with E-state index in [1.165, 1.54) is 0 Å². The van der Waals surface area contributed by atoms with E-state index in [2.05, 4.69) is 16.0 Å². The molecule has 2 fully saturated rings. The van der Waals surface area contributed by atoms with E-state index in [9.17, 15) is 18.0 Å². The molecule has 10 heteroatoms. The van der Waals surface area contributed by atoms with Crippen LogP contribution in [0.1, 0.15) is 129 Å². The van der Waals surface area contributed by atoms with E-state index in [1.54, 1.807) is 0 Å². The Morgan fingerprint density at radius 1 is 0.795 bits per heavy atom. The van der Waals surface area contributed by atoms with Gasteiger partial charge in [-0.25, -0.2) is 13.1 Å². The molecule has 2 aliphatic carbocycles. The summed E-state index contributed by atoms with van der Waals surface area (Å²) in [6, 6.07) is 0. The van der Waals surface area contributed by atoms with E-state index in [1.807, 2.05) is 83.1 Å². The topological polar surface area (TPSA) is 111 Å². The van der Waals surface area contributed by atoms with Crippen LogP contribution < -0.4 is 4.72 Å². The number of carbonyl (C=O) groups excluding carboxylic acids is 2. The van der Waals surface area contributed by atoms with Crippen molar-refractivity contribution in [2.45, 2.75) is 155 Å². The van der Waals surface area contributed by atoms with Crippen molar-refractivity contribution in [1.82, 2.24) is 4.72 Å². The molecule has 0 saturated heterocycles. The SMILES string of the molecule is CC(C)(C)OC(=O)CC1CC(=NS(=O)C(C)(C)C)C1.CC1(NS(=O)C(C)(C)C)CC(CC(=O)OC(C)(C)C)C1. The maximum absolute atomic E-state index is 12.1. The van der Waals surface area contributed by atoms with E-state index in [0.717, 1.165) is 31.4 Å². The fourth-order valence-electron chi connectivity index (χ4n) is 4.14. The third-order valence-corrected chi connectivity index (χ3v) is 9.17. The zero-order valence-electron chi connectivity index (χ0n) is 26.6. The molecule has 228 valence electrons. The van der Waals surface area contributed by atoms with Crippen LogP contribution in [0.15, 0.2) is 4.40 Å². The summed E-state index contributed by atoms with van der Waals surface area (Å²) in [5, 5.41) is 0. The van der Waals surface area contributed by atoms with Gasteiger partial charge in [-0.05, 0) is 128 Å². The number of nitrogens with zero attached hydrogens (tertiary/aromatic N) is 1. The van der Waals surface area contributed by atoms with Crippen molar-refractivity contribution in [3.63, 3.8) is 0 Å². The molecule has 0 aromatic rings. The van der Waals surface area contributed by atoms with E-state index in [4.69, 9.17) is 9.47 Å². The number of hydrogen-bond donors (Lipinski definition) is 1. The van der Waals surface area contributed by atoms with Gasteiger partial charge in [0, 0.05) is 24.1 Å². The summed E-state index contributed by atoms with van der Waals surface area (Å²) in [5.41, 5.74) is -0.00584. The third kappa shape index (κ3) is 14.4. The second-order valence-electron chi connectivity index (χ2n) is 15.2. The molecular formula is C29H54N2O6S2. The normalized spacial score (nSPS) is 25.2. The monoisotopic (exact) mass is 590 g/mol. The molecule has 0 spiro atoms. The van der Waals surface area contributed by atoms with Crippen LogP contribution in [-0.2, 0) is 41.0 Å². The highest BCUT2D eigenvalue weighted by molar-refractivity contribution is 7.85. The standard InChI is InChI=1S/C15H29NO3S.C14H25NO3S/c1-13(2,3)19-12(17)8-11-9-15(7,10-11)16-20(18)14(4,5)6;1-13(2,3)18-12(16)9-10-7-11(8-10)15-19(17)14(4,5)6/h11,16H,8-10H2,1-7H3;10H,7-9H2,1-6H3. The predicted octanol–water partition coefficient (Wildman–Crippen LogP) is 5.97. The molecule has 2 saturated carbocycles. The average molecular weight is 591 g/mol. The van der Waals surface area contributed by atoms with E-state index < -0.39 is 33.2 Å². The minimum absolute atomic E-state index is 0.120. The van der Waals surface area contributed by atoms with Crippen LogP contribution in [-0.4, -0.2) is 52.3 Å². The molecule has 0 amide bonds. The molecule has 0 aliphatic heterocycles. The Bertz CT molecular complexity index is 935. The Labute approximate surface area is 242 Å². The van der Waals surface area contributed by atoms with Crippen molar-refractivity contribution in [2.24, 2.45) is 16.2 Å². The molecule has 0 aromatic carbocycles. The van der Waals surface area contributed by atoms with E-state index in [0.29, 0.717) is 24.7 Å². The smallest absolute Gasteiger partial charge is 0.306 e. The third-order valence-electron chi connectivity index (χ3n) is 5.91. The van der Waals surface area contributed by atoms with Crippen molar-refractivity contribution < 1.29 is 27.5 Å². The van der Waals surface area contributed by atoms with Gasteiger partial charge in [-0.15, -0.1) is 0 Å². The first-order valence-electron chi connectivity index (χ1n) is 13.9. The first kappa shape index (κ1) is 35.9. The Morgan fingerprint density at radius 2 is 1.21 bits per heavy atom. The lowest BCUT2D eigenvalue weighted by Crippen LogP contribution is -2.56. The lowest BCUT2D eigenvalue weighted by atomic mass is 9.69. The summed E-state index contributed by atoms with van der Waals surface area (Å²) < 4.78 is 41.4. The number of hydrogen-bond acceptors (Lipinski definition) is 6. The zero-order chi connectivity index (χ0) is 30.6. The molecule has 2 rings (SSSR count). The molecule has 2 atom stereocenters. The zero-order valence-corrected chi connectivity index (χ0v) is 28.2. The molecule has 0 aromatic heterocycles. The van der Waals surface area contributed by atoms with Crippen LogP contribution in [0, 0.1) is 11.8 Å². The van der Waals surface area contributed by atoms with Gasteiger partial charge >= 0.3 is 11.9 Å². The maximum atomic E-state index is 12.1. The number of carbonyl (C=O) groups is 2. The summed E-state index contributed by atoms with van der Waals surface area (Å²) in [4.78, 5) is 23.4. The highest BCUT2D eigenvalue weighted by Gasteiger charge is 2.43. The highest BCUT2D eigenvalue weighted by atomic mass is 32.2. The molecule has 8 nitrogen and oxygen atoms in total. The molecule has 39 heavy (non-hydrogen) atoms. The Balaban J connectivity index is 0.000000391. The summed E-state index contributed by atoms with van der Waals surface area (Å²) >= 11 is 0. The maximum Gasteiger partial charge on any atom is 0.306 e. The Morgan fingerprint density at radius 3 is 1.56 bits per heavy atom. The highest BCUT2D eigenvalue weighted by Crippen LogP contribution is 2.40. The quantitative estimate of drug-likeness (QED) is 0.366. The van der Waals surface area contributed by atoms with Crippen LogP contribution >= 0.6 is 0 Å². The van der Waals surface area contributed by atoms with Gasteiger partial charge in [0.15, 0.2) is 0 Å². The van der Waals surface area contributed by atoms with Gasteiger partial charge in [-0.1, -0.05) is 0 Å². The number of ether oxygens (including phenoxy) is 2. The lowest BCUT2D eigenvalue weighted by Gasteiger charge is -2.46. The van der Waals surface area contributed by atoms with Gasteiger partial charge in [0.1, 0.15) is 22.2 Å². The van der Waals surface area contributed by atoms with E-state index >= 15 is 0 Å². The lowest BCUT2D eigenvalue weighted by molar-refractivity contribution is -0.158. The molecule has 1 N–H and O–H groups in total. The number of rotatable bonds is 7. The minimum atomic E-state index is -1.19. The fourth-order valence-corrected chi connectivity index (χ4v) is 5.71. The summed E-state index contributed by atoms with van der Waals surface area (Å²) in [6.45, 7) is 24.9. The van der Waals surface area contributed by atoms with Crippen LogP contribution in [0.25, 0.3) is 0 Å². The van der Waals surface area contributed by atoms with Gasteiger partial charge in [-0.2, -0.15) is 4.40 Å². The van der Waals surface area contributed by atoms with Gasteiger partial charge in [0.2, 0.25) is 0 Å². The number of esters is 2. The first-order valence-corrected chi connectivity index (χ1v) is 16.2. The van der Waals surface area contributed by atoms with Crippen molar-refractivity contribution in [3.05, 3.63) is 0 Å². The number of nitrogens with one attached hydrogen (secondary N) is 1. The fraction of sp³-hybridized carbons (Fsp3) is 0.897. The van der Waals surface area contributed by atoms with Crippen molar-refractivity contribution in [2.75, 3.05) is 0 Å². The van der Waals surface area contributed by atoms with Crippen molar-refractivity contribution >= 4 is 39.6 Å². The van der Waals surface area contributed by atoms with Crippen molar-refractivity contribution in [1.29, 1.82) is 0 Å². The van der Waals surface area contributed by atoms with Gasteiger partial charge in [-0.3, -0.25) is 9.59 Å².